The molecule has 0 amide bonds. The molecule has 10 heteroatoms. The quantitative estimate of drug-likeness (QED) is 0.627. The maximum atomic E-state index is 13.7. The Morgan fingerprint density at radius 3 is 2.62 bits per heavy atom. The summed E-state index contributed by atoms with van der Waals surface area (Å²) in [6, 6.07) is 5.38. The van der Waals surface area contributed by atoms with Gasteiger partial charge in [-0.3, -0.25) is 4.79 Å². The molecule has 0 aliphatic rings. The Labute approximate surface area is 168 Å². The fraction of sp³-hybridized carbons (Fsp3) is 0.263. The van der Waals surface area contributed by atoms with Crippen LogP contribution in [0, 0.1) is 6.85 Å². The molecule has 0 radical (unpaired) electrons. The van der Waals surface area contributed by atoms with Gasteiger partial charge >= 0.3 is 12.1 Å². The molecule has 6 nitrogen and oxygen atoms in total. The molecule has 3 aromatic rings. The second-order valence-electron chi connectivity index (χ2n) is 6.45. The lowest BCUT2D eigenvalue weighted by molar-refractivity contribution is -0.138. The van der Waals surface area contributed by atoms with Crippen molar-refractivity contribution in [3.05, 3.63) is 58.9 Å². The minimum absolute atomic E-state index is 0.00943. The summed E-state index contributed by atoms with van der Waals surface area (Å²) in [5, 5.41) is 9.45. The van der Waals surface area contributed by atoms with E-state index in [4.69, 9.17) is 4.11 Å². The third-order valence-electron chi connectivity index (χ3n) is 4.39. The topological polar surface area (TPSA) is 89.3 Å². The lowest BCUT2D eigenvalue weighted by Gasteiger charge is -2.16. The number of alkyl halides is 3. The summed E-state index contributed by atoms with van der Waals surface area (Å²) in [7, 11) is -3.93. The Kier molecular flexibility index (Phi) is 4.21. The van der Waals surface area contributed by atoms with E-state index < -0.39 is 58.0 Å². The Bertz CT molecular complexity index is 1320. The van der Waals surface area contributed by atoms with Gasteiger partial charge in [0.1, 0.15) is 5.65 Å². The van der Waals surface area contributed by atoms with Gasteiger partial charge < -0.3 is 9.67 Å². The molecule has 154 valence electrons. The molecule has 3 rings (SSSR count). The number of carboxylic acids is 1. The van der Waals surface area contributed by atoms with Gasteiger partial charge in [0, 0.05) is 34.2 Å². The lowest BCUT2D eigenvalue weighted by atomic mass is 10.1. The van der Waals surface area contributed by atoms with Crippen LogP contribution >= 0.6 is 0 Å². The number of halogens is 3. The van der Waals surface area contributed by atoms with Crippen LogP contribution in [0.25, 0.3) is 11.0 Å². The largest absolute Gasteiger partial charge is 0.481 e. The van der Waals surface area contributed by atoms with Crippen LogP contribution in [0.3, 0.4) is 0 Å². The standard InChI is InChI=1S/C19H17F3N2O4S/c1-11-15(9-17(25)26)14-4-3-7-23-18(14)24(11)10-12-5-6-13(29(2,27)28)8-16(12)19(20,21)22/h3-8H,9-10H2,1-2H3,(H,25,26)/i1+1D3. The number of hydrogen-bond acceptors (Lipinski definition) is 4. The van der Waals surface area contributed by atoms with Crippen LogP contribution in [0.4, 0.5) is 13.2 Å². The highest BCUT2D eigenvalue weighted by atomic mass is 32.2. The minimum atomic E-state index is -4.92. The molecule has 0 spiro atoms. The molecule has 0 aliphatic carbocycles. The van der Waals surface area contributed by atoms with Gasteiger partial charge in [0.15, 0.2) is 9.84 Å². The average molecular weight is 430 g/mol. The molecular weight excluding hydrogens is 410 g/mol. The highest BCUT2D eigenvalue weighted by Crippen LogP contribution is 2.35. The molecule has 0 saturated carbocycles. The maximum absolute atomic E-state index is 13.7. The highest BCUT2D eigenvalue weighted by molar-refractivity contribution is 7.90. The van der Waals surface area contributed by atoms with Gasteiger partial charge in [-0.15, -0.1) is 0 Å². The van der Waals surface area contributed by atoms with Gasteiger partial charge in [0.05, 0.1) is 16.9 Å². The Hall–Kier alpha value is -2.88. The Morgan fingerprint density at radius 2 is 2.03 bits per heavy atom. The summed E-state index contributed by atoms with van der Waals surface area (Å²) in [6.45, 7) is -3.46. The van der Waals surface area contributed by atoms with Crippen molar-refractivity contribution in [2.45, 2.75) is 30.9 Å². The molecule has 1 N–H and O–H groups in total. The summed E-state index contributed by atoms with van der Waals surface area (Å²) in [5.74, 6) is -1.31. The Balaban J connectivity index is 2.32. The van der Waals surface area contributed by atoms with E-state index in [9.17, 15) is 31.5 Å². The molecule has 0 atom stereocenters. The average Bonchev–Trinajstić information content (AvgIpc) is 2.93. The number of fused-ring (bicyclic) bond motifs is 1. The van der Waals surface area contributed by atoms with Crippen LogP contribution in [0.15, 0.2) is 41.4 Å². The zero-order chi connectivity index (χ0) is 24.1. The number of aliphatic carboxylic acids is 1. The monoisotopic (exact) mass is 430 g/mol. The number of hydrogen-bond donors (Lipinski definition) is 1. The first-order chi connectivity index (χ1) is 14.6. The van der Waals surface area contributed by atoms with Crippen LogP contribution in [-0.4, -0.2) is 35.3 Å². The highest BCUT2D eigenvalue weighted by Gasteiger charge is 2.34. The summed E-state index contributed by atoms with van der Waals surface area (Å²) in [6.07, 6.45) is -3.50. The van der Waals surface area contributed by atoms with E-state index in [1.165, 1.54) is 18.3 Å². The fourth-order valence-corrected chi connectivity index (χ4v) is 3.73. The van der Waals surface area contributed by atoms with Crippen LogP contribution in [0.1, 0.15) is 26.5 Å². The molecule has 2 heterocycles. The number of pyridine rings is 1. The van der Waals surface area contributed by atoms with E-state index in [-0.39, 0.29) is 22.2 Å². The summed E-state index contributed by atoms with van der Waals surface area (Å²) in [5.41, 5.74) is -2.12. The lowest BCUT2D eigenvalue weighted by Crippen LogP contribution is -2.14. The van der Waals surface area contributed by atoms with Crippen molar-refractivity contribution in [2.24, 2.45) is 0 Å². The number of nitrogens with zero attached hydrogens (tertiary/aromatic N) is 2. The van der Waals surface area contributed by atoms with Crippen molar-refractivity contribution < 1.29 is 35.6 Å². The van der Waals surface area contributed by atoms with E-state index in [0.717, 1.165) is 23.0 Å². The SMILES string of the molecule is [2H][13C]([2H])([2H])c1c(CC(=O)O)c2cccnc2n1Cc1ccc(S(C)(=O)=O)cc1C(F)(F)F. The summed E-state index contributed by atoms with van der Waals surface area (Å²) < 4.78 is 89.4. The molecule has 2 aromatic heterocycles. The fourth-order valence-electron chi connectivity index (χ4n) is 3.09. The van der Waals surface area contributed by atoms with Crippen molar-refractivity contribution >= 4 is 26.8 Å². The molecule has 0 unspecified atom stereocenters. The predicted molar refractivity (Wildman–Crippen MR) is 99.5 cm³/mol. The van der Waals surface area contributed by atoms with Gasteiger partial charge in [-0.05, 0) is 42.2 Å². The molecule has 1 aromatic carbocycles. The van der Waals surface area contributed by atoms with Gasteiger partial charge in [0.2, 0.25) is 0 Å². The summed E-state index contributed by atoms with van der Waals surface area (Å²) in [4.78, 5) is 14.9. The van der Waals surface area contributed by atoms with Crippen LogP contribution in [0.5, 0.6) is 0 Å². The molecule has 0 fully saturated rings. The van der Waals surface area contributed by atoms with Crippen molar-refractivity contribution in [1.29, 1.82) is 0 Å². The van der Waals surface area contributed by atoms with Crippen LogP contribution < -0.4 is 0 Å². The molecule has 0 aliphatic heterocycles. The third kappa shape index (κ3) is 4.12. The zero-order valence-electron chi connectivity index (χ0n) is 18.0. The maximum Gasteiger partial charge on any atom is 0.416 e. The summed E-state index contributed by atoms with van der Waals surface area (Å²) >= 11 is 0. The number of aromatic nitrogens is 2. The first-order valence-corrected chi connectivity index (χ1v) is 10.1. The smallest absolute Gasteiger partial charge is 0.416 e. The molecule has 0 bridgehead atoms. The Morgan fingerprint density at radius 1 is 1.31 bits per heavy atom. The van der Waals surface area contributed by atoms with Crippen LogP contribution in [-0.2, 0) is 33.8 Å². The van der Waals surface area contributed by atoms with Crippen molar-refractivity contribution in [3.8, 4) is 0 Å². The number of sulfone groups is 1. The zero-order valence-corrected chi connectivity index (χ0v) is 15.8. The predicted octanol–water partition coefficient (Wildman–Crippen LogP) is 3.44. The normalized spacial score (nSPS) is 14.4. The van der Waals surface area contributed by atoms with E-state index >= 15 is 0 Å². The first kappa shape index (κ1) is 17.0. The second kappa shape index (κ2) is 7.18. The van der Waals surface area contributed by atoms with E-state index in [0.29, 0.717) is 6.07 Å². The third-order valence-corrected chi connectivity index (χ3v) is 5.50. The van der Waals surface area contributed by atoms with Gasteiger partial charge in [-0.2, -0.15) is 13.2 Å². The van der Waals surface area contributed by atoms with Gasteiger partial charge in [-0.1, -0.05) is 6.07 Å². The first-order valence-electron chi connectivity index (χ1n) is 9.69. The number of benzene rings is 1. The number of carbonyl (C=O) groups is 1. The van der Waals surface area contributed by atoms with E-state index in [2.05, 4.69) is 4.98 Å². The number of carboxylic acid groups (broad SMARTS) is 1. The molecular formula is C19H17F3N2O4S. The second-order valence-corrected chi connectivity index (χ2v) is 8.46. The molecule has 0 saturated heterocycles. The van der Waals surface area contributed by atoms with E-state index in [1.54, 1.807) is 0 Å². The van der Waals surface area contributed by atoms with Gasteiger partial charge in [0.25, 0.3) is 0 Å². The van der Waals surface area contributed by atoms with E-state index in [1.807, 2.05) is 0 Å². The van der Waals surface area contributed by atoms with Crippen molar-refractivity contribution in [3.63, 3.8) is 0 Å². The van der Waals surface area contributed by atoms with Crippen molar-refractivity contribution in [1.82, 2.24) is 9.55 Å². The van der Waals surface area contributed by atoms with Gasteiger partial charge in [-0.25, -0.2) is 13.4 Å². The van der Waals surface area contributed by atoms with Crippen LogP contribution in [0.2, 0.25) is 0 Å². The van der Waals surface area contributed by atoms with Crippen molar-refractivity contribution in [2.75, 3.05) is 6.26 Å². The number of rotatable bonds is 5. The molecule has 29 heavy (non-hydrogen) atoms. The minimum Gasteiger partial charge on any atom is -0.481 e.